The highest BCUT2D eigenvalue weighted by molar-refractivity contribution is 8.00. The van der Waals surface area contributed by atoms with E-state index >= 15 is 0 Å². The van der Waals surface area contributed by atoms with E-state index in [1.807, 2.05) is 6.07 Å². The first-order valence-corrected chi connectivity index (χ1v) is 14.0. The van der Waals surface area contributed by atoms with Gasteiger partial charge in [-0.15, -0.1) is 23.1 Å². The molecule has 1 atom stereocenters. The lowest BCUT2D eigenvalue weighted by Crippen LogP contribution is -2.26. The van der Waals surface area contributed by atoms with Gasteiger partial charge in [0.15, 0.2) is 0 Å². The minimum atomic E-state index is -0.549. The summed E-state index contributed by atoms with van der Waals surface area (Å²) in [6, 6.07) is 14.9. The third kappa shape index (κ3) is 6.41. The number of nitrogens with zero attached hydrogens (tertiary/aromatic N) is 2. The predicted molar refractivity (Wildman–Crippen MR) is 151 cm³/mol. The largest absolute Gasteiger partial charge is 0.322 e. The molecule has 1 heterocycles. The molecular weight excluding hydrogens is 520 g/mol. The number of hydrogen-bond donors (Lipinski definition) is 2. The van der Waals surface area contributed by atoms with Crippen LogP contribution in [0.1, 0.15) is 53.6 Å². The summed E-state index contributed by atoms with van der Waals surface area (Å²) in [5.74, 6) is 0.0147. The van der Waals surface area contributed by atoms with Gasteiger partial charge in [0, 0.05) is 33.2 Å². The first-order valence-electron chi connectivity index (χ1n) is 12.2. The molecule has 0 aliphatic heterocycles. The van der Waals surface area contributed by atoms with Gasteiger partial charge in [-0.2, -0.15) is 5.26 Å². The number of anilines is 2. The maximum Gasteiger partial charge on any atom is 0.270 e. The number of nitriles is 1. The highest BCUT2D eigenvalue weighted by Gasteiger charge is 2.32. The summed E-state index contributed by atoms with van der Waals surface area (Å²) in [4.78, 5) is 37.7. The van der Waals surface area contributed by atoms with Crippen molar-refractivity contribution >= 4 is 51.3 Å². The summed E-state index contributed by atoms with van der Waals surface area (Å²) < 4.78 is 0. The van der Waals surface area contributed by atoms with Gasteiger partial charge in [0.2, 0.25) is 5.91 Å². The first kappa shape index (κ1) is 27.4. The Labute approximate surface area is 229 Å². The summed E-state index contributed by atoms with van der Waals surface area (Å²) >= 11 is 2.83. The molecule has 4 rings (SSSR count). The molecule has 1 unspecified atom stereocenters. The predicted octanol–water partition coefficient (Wildman–Crippen LogP) is 6.66. The van der Waals surface area contributed by atoms with E-state index in [1.54, 1.807) is 18.2 Å². The summed E-state index contributed by atoms with van der Waals surface area (Å²) in [7, 11) is 0. The second-order valence-electron chi connectivity index (χ2n) is 10.3. The Kier molecular flexibility index (Phi) is 8.19. The van der Waals surface area contributed by atoms with E-state index in [-0.39, 0.29) is 28.3 Å². The van der Waals surface area contributed by atoms with Crippen LogP contribution in [0.25, 0.3) is 0 Å². The molecule has 38 heavy (non-hydrogen) atoms. The summed E-state index contributed by atoms with van der Waals surface area (Å²) in [6.45, 7) is 6.74. The number of nitro groups is 1. The molecule has 3 aromatic rings. The SMILES string of the molecule is CC(C)(C)C1CCc2c(sc(NC(=O)CSc3cccc(NC(=O)c4cccc([N+](=O)[O-])c4)c3)c2C#N)C1. The van der Waals surface area contributed by atoms with Crippen molar-refractivity contribution in [2.24, 2.45) is 11.3 Å². The van der Waals surface area contributed by atoms with E-state index in [9.17, 15) is 25.0 Å². The molecule has 0 radical (unpaired) electrons. The average Bonchev–Trinajstić information content (AvgIpc) is 3.23. The normalized spacial score (nSPS) is 14.7. The van der Waals surface area contributed by atoms with E-state index in [2.05, 4.69) is 37.5 Å². The number of carbonyl (C=O) groups is 2. The Morgan fingerprint density at radius 3 is 2.66 bits per heavy atom. The number of amides is 2. The Morgan fingerprint density at radius 1 is 1.18 bits per heavy atom. The van der Waals surface area contributed by atoms with Gasteiger partial charge in [0.1, 0.15) is 11.1 Å². The summed E-state index contributed by atoms with van der Waals surface area (Å²) in [6.07, 6.45) is 2.83. The van der Waals surface area contributed by atoms with Crippen LogP contribution >= 0.6 is 23.1 Å². The van der Waals surface area contributed by atoms with Gasteiger partial charge in [-0.3, -0.25) is 19.7 Å². The third-order valence-corrected chi connectivity index (χ3v) is 8.80. The number of carbonyl (C=O) groups excluding carboxylic acids is 2. The van der Waals surface area contributed by atoms with Crippen LogP contribution in [0.15, 0.2) is 53.4 Å². The highest BCUT2D eigenvalue weighted by Crippen LogP contribution is 2.44. The monoisotopic (exact) mass is 548 g/mol. The summed E-state index contributed by atoms with van der Waals surface area (Å²) in [5, 5.41) is 27.0. The Balaban J connectivity index is 1.37. The van der Waals surface area contributed by atoms with Crippen LogP contribution in [0.3, 0.4) is 0 Å². The Morgan fingerprint density at radius 2 is 1.95 bits per heavy atom. The second-order valence-corrected chi connectivity index (χ2v) is 12.4. The molecule has 196 valence electrons. The Hall–Kier alpha value is -3.68. The van der Waals surface area contributed by atoms with Crippen molar-refractivity contribution in [3.8, 4) is 6.07 Å². The average molecular weight is 549 g/mol. The van der Waals surface area contributed by atoms with Crippen molar-refractivity contribution in [2.75, 3.05) is 16.4 Å². The van der Waals surface area contributed by atoms with Crippen LogP contribution in [-0.2, 0) is 17.6 Å². The lowest BCUT2D eigenvalue weighted by Gasteiger charge is -2.33. The van der Waals surface area contributed by atoms with Gasteiger partial charge >= 0.3 is 0 Å². The number of thioether (sulfide) groups is 1. The zero-order valence-corrected chi connectivity index (χ0v) is 23.0. The van der Waals surface area contributed by atoms with Gasteiger partial charge in [-0.25, -0.2) is 0 Å². The van der Waals surface area contributed by atoms with Crippen LogP contribution in [-0.4, -0.2) is 22.5 Å². The molecule has 0 fully saturated rings. The summed E-state index contributed by atoms with van der Waals surface area (Å²) in [5.41, 5.74) is 2.39. The number of nitro benzene ring substituents is 1. The van der Waals surface area contributed by atoms with Crippen LogP contribution in [0, 0.1) is 32.8 Å². The number of nitrogens with one attached hydrogen (secondary N) is 2. The van der Waals surface area contributed by atoms with Crippen LogP contribution in [0.5, 0.6) is 0 Å². The van der Waals surface area contributed by atoms with Gasteiger partial charge < -0.3 is 10.6 Å². The maximum atomic E-state index is 12.8. The van der Waals surface area contributed by atoms with Crippen LogP contribution < -0.4 is 10.6 Å². The fourth-order valence-corrected chi connectivity index (χ4v) is 6.52. The van der Waals surface area contributed by atoms with Crippen molar-refractivity contribution in [3.05, 3.63) is 80.2 Å². The third-order valence-electron chi connectivity index (χ3n) is 6.64. The molecule has 8 nitrogen and oxygen atoms in total. The number of non-ortho nitro benzene ring substituents is 1. The van der Waals surface area contributed by atoms with Crippen molar-refractivity contribution in [1.82, 2.24) is 0 Å². The second kappa shape index (κ2) is 11.4. The zero-order valence-electron chi connectivity index (χ0n) is 21.4. The molecule has 10 heteroatoms. The van der Waals surface area contributed by atoms with E-state index < -0.39 is 10.8 Å². The van der Waals surface area contributed by atoms with E-state index in [0.717, 1.165) is 29.7 Å². The van der Waals surface area contributed by atoms with E-state index in [1.165, 1.54) is 52.2 Å². The first-order chi connectivity index (χ1) is 18.0. The number of benzene rings is 2. The van der Waals surface area contributed by atoms with E-state index in [0.29, 0.717) is 22.2 Å². The van der Waals surface area contributed by atoms with Crippen LogP contribution in [0.4, 0.5) is 16.4 Å². The van der Waals surface area contributed by atoms with Crippen molar-refractivity contribution in [2.45, 2.75) is 44.9 Å². The van der Waals surface area contributed by atoms with Crippen molar-refractivity contribution in [1.29, 1.82) is 5.26 Å². The lowest BCUT2D eigenvalue weighted by molar-refractivity contribution is -0.384. The molecule has 2 amide bonds. The fourth-order valence-electron chi connectivity index (χ4n) is 4.47. The lowest BCUT2D eigenvalue weighted by atomic mass is 9.72. The Bertz CT molecular complexity index is 1440. The number of rotatable bonds is 7. The van der Waals surface area contributed by atoms with Crippen molar-refractivity contribution < 1.29 is 14.5 Å². The van der Waals surface area contributed by atoms with Gasteiger partial charge in [-0.1, -0.05) is 32.9 Å². The standard InChI is InChI=1S/C28H28N4O4S2/c1-28(2,3)18-10-11-22-23(15-29)27(38-24(22)13-18)31-25(33)16-37-21-9-5-7-19(14-21)30-26(34)17-6-4-8-20(12-17)32(35)36/h4-9,12,14,18H,10-11,13,16H2,1-3H3,(H,30,34)(H,31,33). The van der Waals surface area contributed by atoms with Crippen molar-refractivity contribution in [3.63, 3.8) is 0 Å². The molecular formula is C28H28N4O4S2. The molecule has 0 saturated carbocycles. The molecule has 2 N–H and O–H groups in total. The zero-order chi connectivity index (χ0) is 27.4. The molecule has 1 aliphatic rings. The minimum Gasteiger partial charge on any atom is -0.322 e. The number of thiophene rings is 1. The quantitative estimate of drug-likeness (QED) is 0.193. The molecule has 1 aromatic heterocycles. The number of hydrogen-bond acceptors (Lipinski definition) is 7. The molecule has 0 saturated heterocycles. The molecule has 0 bridgehead atoms. The smallest absolute Gasteiger partial charge is 0.270 e. The van der Waals surface area contributed by atoms with Gasteiger partial charge in [0.25, 0.3) is 11.6 Å². The van der Waals surface area contributed by atoms with Gasteiger partial charge in [0.05, 0.1) is 16.2 Å². The highest BCUT2D eigenvalue weighted by atomic mass is 32.2. The molecule has 1 aliphatic carbocycles. The fraction of sp³-hybridized carbons (Fsp3) is 0.321. The van der Waals surface area contributed by atoms with E-state index in [4.69, 9.17) is 0 Å². The molecule has 2 aromatic carbocycles. The minimum absolute atomic E-state index is 0.139. The molecule has 0 spiro atoms. The maximum absolute atomic E-state index is 12.8. The van der Waals surface area contributed by atoms with Crippen LogP contribution in [0.2, 0.25) is 0 Å². The number of fused-ring (bicyclic) bond motifs is 1. The van der Waals surface area contributed by atoms with Gasteiger partial charge in [-0.05, 0) is 60.4 Å². The topological polar surface area (TPSA) is 125 Å².